The predicted molar refractivity (Wildman–Crippen MR) is 67.9 cm³/mol. The van der Waals surface area contributed by atoms with E-state index in [1.54, 1.807) is 17.5 Å². The SMILES string of the molecule is Cc1[nH]ncc1CNC(=O)[C@@H](C)c1cccs1. The quantitative estimate of drug-likeness (QED) is 0.872. The Morgan fingerprint density at radius 1 is 1.65 bits per heavy atom. The molecule has 2 aromatic rings. The number of nitrogens with one attached hydrogen (secondary N) is 2. The standard InChI is InChI=1S/C12H15N3OS/c1-8(11-4-3-5-17-11)12(16)13-6-10-7-14-15-9(10)2/h3-5,7-8H,6H2,1-2H3,(H,13,16)(H,14,15)/t8-/m0/s1. The van der Waals surface area contributed by atoms with Gasteiger partial charge in [0.05, 0.1) is 12.1 Å². The van der Waals surface area contributed by atoms with E-state index >= 15 is 0 Å². The second-order valence-corrected chi connectivity index (χ2v) is 4.95. The Morgan fingerprint density at radius 3 is 3.06 bits per heavy atom. The van der Waals surface area contributed by atoms with Crippen molar-refractivity contribution in [1.29, 1.82) is 0 Å². The minimum absolute atomic E-state index is 0.0491. The molecule has 0 fully saturated rings. The van der Waals surface area contributed by atoms with Gasteiger partial charge in [-0.25, -0.2) is 0 Å². The molecule has 0 aliphatic heterocycles. The Morgan fingerprint density at radius 2 is 2.47 bits per heavy atom. The second-order valence-electron chi connectivity index (χ2n) is 3.98. The lowest BCUT2D eigenvalue weighted by atomic mass is 10.1. The van der Waals surface area contributed by atoms with Gasteiger partial charge in [0, 0.05) is 22.7 Å². The number of nitrogens with zero attached hydrogens (tertiary/aromatic N) is 1. The van der Waals surface area contributed by atoms with Crippen molar-refractivity contribution in [2.75, 3.05) is 0 Å². The van der Waals surface area contributed by atoms with Crippen LogP contribution in [-0.2, 0) is 11.3 Å². The van der Waals surface area contributed by atoms with Crippen LogP contribution in [0.25, 0.3) is 0 Å². The summed E-state index contributed by atoms with van der Waals surface area (Å²) in [4.78, 5) is 13.0. The predicted octanol–water partition coefficient (Wildman–Crippen LogP) is 2.20. The fourth-order valence-corrected chi connectivity index (χ4v) is 2.34. The zero-order valence-corrected chi connectivity index (χ0v) is 10.7. The van der Waals surface area contributed by atoms with Crippen LogP contribution in [0.15, 0.2) is 23.7 Å². The maximum absolute atomic E-state index is 11.9. The van der Waals surface area contributed by atoms with Crippen LogP contribution >= 0.6 is 11.3 Å². The van der Waals surface area contributed by atoms with Gasteiger partial charge in [-0.1, -0.05) is 6.07 Å². The minimum Gasteiger partial charge on any atom is -0.351 e. The molecule has 17 heavy (non-hydrogen) atoms. The Bertz CT molecular complexity index is 490. The maximum Gasteiger partial charge on any atom is 0.228 e. The zero-order chi connectivity index (χ0) is 12.3. The number of carbonyl (C=O) groups is 1. The fraction of sp³-hybridized carbons (Fsp3) is 0.333. The van der Waals surface area contributed by atoms with Crippen LogP contribution in [0.2, 0.25) is 0 Å². The largest absolute Gasteiger partial charge is 0.351 e. The third kappa shape index (κ3) is 2.74. The van der Waals surface area contributed by atoms with Crippen molar-refractivity contribution < 1.29 is 4.79 Å². The summed E-state index contributed by atoms with van der Waals surface area (Å²) in [5, 5.41) is 11.7. The molecule has 0 saturated carbocycles. The molecular weight excluding hydrogens is 234 g/mol. The summed E-state index contributed by atoms with van der Waals surface area (Å²) in [6, 6.07) is 3.95. The van der Waals surface area contributed by atoms with Gasteiger partial charge in [-0.15, -0.1) is 11.3 Å². The number of aromatic amines is 1. The van der Waals surface area contributed by atoms with Gasteiger partial charge in [0.15, 0.2) is 0 Å². The first kappa shape index (κ1) is 11.9. The number of amides is 1. The Hall–Kier alpha value is -1.62. The molecule has 1 atom stereocenters. The highest BCUT2D eigenvalue weighted by atomic mass is 32.1. The number of thiophene rings is 1. The van der Waals surface area contributed by atoms with E-state index in [0.717, 1.165) is 16.1 Å². The van der Waals surface area contributed by atoms with Crippen LogP contribution in [0.1, 0.15) is 29.0 Å². The van der Waals surface area contributed by atoms with E-state index in [-0.39, 0.29) is 11.8 Å². The zero-order valence-electron chi connectivity index (χ0n) is 9.86. The first-order chi connectivity index (χ1) is 8.18. The van der Waals surface area contributed by atoms with Crippen molar-refractivity contribution >= 4 is 17.2 Å². The molecular formula is C12H15N3OS. The molecule has 0 unspecified atom stereocenters. The molecule has 0 bridgehead atoms. The lowest BCUT2D eigenvalue weighted by Crippen LogP contribution is -2.27. The molecule has 0 saturated heterocycles. The molecule has 90 valence electrons. The third-order valence-electron chi connectivity index (χ3n) is 2.75. The van der Waals surface area contributed by atoms with Crippen molar-refractivity contribution in [3.8, 4) is 0 Å². The van der Waals surface area contributed by atoms with E-state index < -0.39 is 0 Å². The lowest BCUT2D eigenvalue weighted by molar-refractivity contribution is -0.122. The minimum atomic E-state index is -0.0952. The molecule has 4 nitrogen and oxygen atoms in total. The molecule has 2 rings (SSSR count). The maximum atomic E-state index is 11.9. The van der Waals surface area contributed by atoms with E-state index in [4.69, 9.17) is 0 Å². The molecule has 2 aromatic heterocycles. The highest BCUT2D eigenvalue weighted by molar-refractivity contribution is 7.10. The number of carbonyl (C=O) groups excluding carboxylic acids is 1. The van der Waals surface area contributed by atoms with E-state index in [2.05, 4.69) is 15.5 Å². The Balaban J connectivity index is 1.92. The van der Waals surface area contributed by atoms with Crippen LogP contribution in [0.5, 0.6) is 0 Å². The van der Waals surface area contributed by atoms with Gasteiger partial charge >= 0.3 is 0 Å². The topological polar surface area (TPSA) is 57.8 Å². The van der Waals surface area contributed by atoms with Gasteiger partial charge < -0.3 is 5.32 Å². The average molecular weight is 249 g/mol. The van der Waals surface area contributed by atoms with E-state index in [1.807, 2.05) is 31.4 Å². The first-order valence-corrected chi connectivity index (χ1v) is 6.36. The molecule has 2 heterocycles. The molecule has 0 spiro atoms. The first-order valence-electron chi connectivity index (χ1n) is 5.48. The van der Waals surface area contributed by atoms with E-state index in [1.165, 1.54) is 0 Å². The lowest BCUT2D eigenvalue weighted by Gasteiger charge is -2.10. The van der Waals surface area contributed by atoms with Gasteiger partial charge in [0.25, 0.3) is 0 Å². The van der Waals surface area contributed by atoms with Crippen molar-refractivity contribution in [1.82, 2.24) is 15.5 Å². The third-order valence-corrected chi connectivity index (χ3v) is 3.81. The van der Waals surface area contributed by atoms with E-state index in [0.29, 0.717) is 6.54 Å². The summed E-state index contributed by atoms with van der Waals surface area (Å²) in [6.45, 7) is 4.39. The highest BCUT2D eigenvalue weighted by Crippen LogP contribution is 2.20. The highest BCUT2D eigenvalue weighted by Gasteiger charge is 2.15. The molecule has 0 aromatic carbocycles. The summed E-state index contributed by atoms with van der Waals surface area (Å²) in [6.07, 6.45) is 1.74. The van der Waals surface area contributed by atoms with Crippen molar-refractivity contribution in [3.05, 3.63) is 39.8 Å². The molecule has 0 radical (unpaired) electrons. The van der Waals surface area contributed by atoms with Crippen molar-refractivity contribution in [2.24, 2.45) is 0 Å². The number of aryl methyl sites for hydroxylation is 1. The smallest absolute Gasteiger partial charge is 0.228 e. The molecule has 0 aliphatic carbocycles. The Kier molecular flexibility index (Phi) is 3.58. The van der Waals surface area contributed by atoms with Gasteiger partial charge in [-0.2, -0.15) is 5.10 Å². The van der Waals surface area contributed by atoms with Crippen LogP contribution in [-0.4, -0.2) is 16.1 Å². The van der Waals surface area contributed by atoms with Crippen molar-refractivity contribution in [2.45, 2.75) is 26.3 Å². The molecule has 1 amide bonds. The number of H-pyrrole nitrogens is 1. The van der Waals surface area contributed by atoms with E-state index in [9.17, 15) is 4.79 Å². The molecule has 2 N–H and O–H groups in total. The monoisotopic (exact) mass is 249 g/mol. The normalized spacial score (nSPS) is 12.4. The number of aromatic nitrogens is 2. The second kappa shape index (κ2) is 5.14. The van der Waals surface area contributed by atoms with Crippen molar-refractivity contribution in [3.63, 3.8) is 0 Å². The van der Waals surface area contributed by atoms with Gasteiger partial charge in [0.1, 0.15) is 0 Å². The summed E-state index contributed by atoms with van der Waals surface area (Å²) in [5.41, 5.74) is 2.02. The molecule has 0 aliphatic rings. The van der Waals surface area contributed by atoms with Gasteiger partial charge in [0.2, 0.25) is 5.91 Å². The fourth-order valence-electron chi connectivity index (χ4n) is 1.56. The number of rotatable bonds is 4. The number of hydrogen-bond acceptors (Lipinski definition) is 3. The summed E-state index contributed by atoms with van der Waals surface area (Å²) in [5.74, 6) is -0.0461. The van der Waals surface area contributed by atoms with Crippen LogP contribution in [0.4, 0.5) is 0 Å². The van der Waals surface area contributed by atoms with Crippen LogP contribution in [0.3, 0.4) is 0 Å². The summed E-state index contributed by atoms with van der Waals surface area (Å²) < 4.78 is 0. The molecule has 5 heteroatoms. The Labute approximate surface area is 104 Å². The van der Waals surface area contributed by atoms with Gasteiger partial charge in [-0.05, 0) is 25.3 Å². The van der Waals surface area contributed by atoms with Crippen LogP contribution in [0, 0.1) is 6.92 Å². The average Bonchev–Trinajstić information content (AvgIpc) is 2.96. The summed E-state index contributed by atoms with van der Waals surface area (Å²) >= 11 is 1.61. The summed E-state index contributed by atoms with van der Waals surface area (Å²) in [7, 11) is 0. The van der Waals surface area contributed by atoms with Crippen LogP contribution < -0.4 is 5.32 Å². The number of hydrogen-bond donors (Lipinski definition) is 2. The van der Waals surface area contributed by atoms with Gasteiger partial charge in [-0.3, -0.25) is 9.89 Å².